The van der Waals surface area contributed by atoms with E-state index in [2.05, 4.69) is 58.3 Å². The summed E-state index contributed by atoms with van der Waals surface area (Å²) in [4.78, 5) is 4.59. The van der Waals surface area contributed by atoms with E-state index in [0.717, 1.165) is 15.9 Å². The van der Waals surface area contributed by atoms with E-state index in [0.29, 0.717) is 0 Å². The maximum atomic E-state index is 4.59. The summed E-state index contributed by atoms with van der Waals surface area (Å²) in [6.45, 7) is 4.25. The Morgan fingerprint density at radius 2 is 2.20 bits per heavy atom. The lowest BCUT2D eigenvalue weighted by Crippen LogP contribution is -1.84. The number of benzene rings is 1. The number of hydrogen-bond donors (Lipinski definition) is 0. The van der Waals surface area contributed by atoms with Crippen LogP contribution in [0.4, 0.5) is 0 Å². The molecule has 0 saturated carbocycles. The molecule has 0 saturated heterocycles. The summed E-state index contributed by atoms with van der Waals surface area (Å²) >= 11 is 5.19. The summed E-state index contributed by atoms with van der Waals surface area (Å²) < 4.78 is 1.12. The minimum Gasteiger partial charge on any atom is -0.241 e. The second-order valence-electron chi connectivity index (χ2n) is 3.46. The van der Waals surface area contributed by atoms with Gasteiger partial charge in [-0.2, -0.15) is 0 Å². The minimum atomic E-state index is 1.01. The number of aryl methyl sites for hydroxylation is 2. The van der Waals surface area contributed by atoms with Crippen LogP contribution >= 0.6 is 27.3 Å². The molecule has 0 bridgehead atoms. The molecule has 0 fully saturated rings. The Morgan fingerprint density at radius 1 is 1.40 bits per heavy atom. The molecule has 0 unspecified atom stereocenters. The van der Waals surface area contributed by atoms with E-state index in [4.69, 9.17) is 0 Å². The van der Waals surface area contributed by atoms with E-state index < -0.39 is 0 Å². The zero-order valence-electron chi connectivity index (χ0n) is 8.75. The summed E-state index contributed by atoms with van der Waals surface area (Å²) in [5, 5.41) is 3.26. The van der Waals surface area contributed by atoms with E-state index in [1.54, 1.807) is 11.3 Å². The number of hydrogen-bond acceptors (Lipinski definition) is 2. The first-order valence-corrected chi connectivity index (χ1v) is 6.59. The van der Waals surface area contributed by atoms with Gasteiger partial charge in [0.25, 0.3) is 0 Å². The van der Waals surface area contributed by atoms with Gasteiger partial charge in [0.15, 0.2) is 0 Å². The van der Waals surface area contributed by atoms with Gasteiger partial charge in [-0.15, -0.1) is 11.3 Å². The molecule has 15 heavy (non-hydrogen) atoms. The van der Waals surface area contributed by atoms with Crippen molar-refractivity contribution in [2.45, 2.75) is 20.3 Å². The summed E-state index contributed by atoms with van der Waals surface area (Å²) in [5.74, 6) is 0. The first kappa shape index (κ1) is 10.8. The molecule has 0 atom stereocenters. The molecule has 1 aromatic heterocycles. The van der Waals surface area contributed by atoms with Crippen molar-refractivity contribution in [1.82, 2.24) is 4.98 Å². The van der Waals surface area contributed by atoms with Crippen molar-refractivity contribution >= 4 is 27.3 Å². The molecule has 0 N–H and O–H groups in total. The van der Waals surface area contributed by atoms with Gasteiger partial charge in [-0.25, -0.2) is 4.98 Å². The average Bonchev–Trinajstić information content (AvgIpc) is 2.66. The standard InChI is InChI=1S/C12H12BrNS/c1-3-10-7-15-12(14-10)11-5-4-9(13)6-8(11)2/h4-7H,3H2,1-2H3. The van der Waals surface area contributed by atoms with E-state index >= 15 is 0 Å². The third kappa shape index (κ3) is 2.29. The summed E-state index contributed by atoms with van der Waals surface area (Å²) in [6, 6.07) is 6.31. The molecule has 1 aromatic carbocycles. The van der Waals surface area contributed by atoms with Gasteiger partial charge in [0.1, 0.15) is 5.01 Å². The Hall–Kier alpha value is -0.670. The van der Waals surface area contributed by atoms with Crippen LogP contribution < -0.4 is 0 Å². The smallest absolute Gasteiger partial charge is 0.123 e. The third-order valence-corrected chi connectivity index (χ3v) is 3.75. The highest BCUT2D eigenvalue weighted by Gasteiger charge is 2.06. The second kappa shape index (κ2) is 4.45. The second-order valence-corrected chi connectivity index (χ2v) is 5.23. The number of aromatic nitrogens is 1. The van der Waals surface area contributed by atoms with Crippen molar-refractivity contribution in [2.75, 3.05) is 0 Å². The summed E-state index contributed by atoms with van der Waals surface area (Å²) in [5.41, 5.74) is 3.68. The number of nitrogens with zero attached hydrogens (tertiary/aromatic N) is 1. The van der Waals surface area contributed by atoms with Gasteiger partial charge in [-0.05, 0) is 31.0 Å². The molecule has 3 heteroatoms. The lowest BCUT2D eigenvalue weighted by Gasteiger charge is -2.02. The Balaban J connectivity index is 2.44. The van der Waals surface area contributed by atoms with Gasteiger partial charge >= 0.3 is 0 Å². The maximum absolute atomic E-state index is 4.59. The quantitative estimate of drug-likeness (QED) is 0.793. The normalized spacial score (nSPS) is 10.6. The Kier molecular flexibility index (Phi) is 3.22. The molecule has 2 rings (SSSR count). The molecular formula is C12H12BrNS. The van der Waals surface area contributed by atoms with Crippen LogP contribution in [0.1, 0.15) is 18.2 Å². The van der Waals surface area contributed by atoms with Crippen molar-refractivity contribution in [3.63, 3.8) is 0 Å². The van der Waals surface area contributed by atoms with Crippen molar-refractivity contribution in [3.05, 3.63) is 39.3 Å². The van der Waals surface area contributed by atoms with Gasteiger partial charge in [0.2, 0.25) is 0 Å². The van der Waals surface area contributed by atoms with Crippen LogP contribution in [0.5, 0.6) is 0 Å². The average molecular weight is 282 g/mol. The van der Waals surface area contributed by atoms with Crippen LogP contribution in [0.2, 0.25) is 0 Å². The highest BCUT2D eigenvalue weighted by Crippen LogP contribution is 2.28. The highest BCUT2D eigenvalue weighted by molar-refractivity contribution is 9.10. The van der Waals surface area contributed by atoms with E-state index in [-0.39, 0.29) is 0 Å². The highest BCUT2D eigenvalue weighted by atomic mass is 79.9. The molecule has 0 aliphatic carbocycles. The fourth-order valence-corrected chi connectivity index (χ4v) is 2.93. The Morgan fingerprint density at radius 3 is 2.80 bits per heavy atom. The van der Waals surface area contributed by atoms with Crippen molar-refractivity contribution < 1.29 is 0 Å². The number of thiazole rings is 1. The van der Waals surface area contributed by atoms with Gasteiger partial charge in [0, 0.05) is 15.4 Å². The van der Waals surface area contributed by atoms with E-state index in [1.807, 2.05) is 0 Å². The van der Waals surface area contributed by atoms with Crippen LogP contribution in [-0.2, 0) is 6.42 Å². The van der Waals surface area contributed by atoms with Crippen molar-refractivity contribution in [2.24, 2.45) is 0 Å². The van der Waals surface area contributed by atoms with Gasteiger partial charge in [0.05, 0.1) is 5.69 Å². The topological polar surface area (TPSA) is 12.9 Å². The Labute approximate surface area is 102 Å². The van der Waals surface area contributed by atoms with Gasteiger partial charge in [-0.3, -0.25) is 0 Å². The Bertz CT molecular complexity index is 476. The van der Waals surface area contributed by atoms with Gasteiger partial charge in [-0.1, -0.05) is 28.9 Å². The molecule has 78 valence electrons. The van der Waals surface area contributed by atoms with Crippen LogP contribution in [0.25, 0.3) is 10.6 Å². The lowest BCUT2D eigenvalue weighted by atomic mass is 10.1. The van der Waals surface area contributed by atoms with Gasteiger partial charge < -0.3 is 0 Å². The molecule has 0 aliphatic rings. The molecule has 1 heterocycles. The van der Waals surface area contributed by atoms with E-state index in [1.165, 1.54) is 16.8 Å². The molecule has 1 nitrogen and oxygen atoms in total. The van der Waals surface area contributed by atoms with E-state index in [9.17, 15) is 0 Å². The molecule has 0 amide bonds. The lowest BCUT2D eigenvalue weighted by molar-refractivity contribution is 1.06. The van der Waals surface area contributed by atoms with Crippen LogP contribution in [0, 0.1) is 6.92 Å². The third-order valence-electron chi connectivity index (χ3n) is 2.33. The largest absolute Gasteiger partial charge is 0.241 e. The monoisotopic (exact) mass is 281 g/mol. The zero-order chi connectivity index (χ0) is 10.8. The molecule has 2 aromatic rings. The van der Waals surface area contributed by atoms with Crippen molar-refractivity contribution in [1.29, 1.82) is 0 Å². The fourth-order valence-electron chi connectivity index (χ4n) is 1.46. The van der Waals surface area contributed by atoms with Crippen LogP contribution in [0.3, 0.4) is 0 Å². The molecule has 0 radical (unpaired) electrons. The fraction of sp³-hybridized carbons (Fsp3) is 0.250. The molecular weight excluding hydrogens is 270 g/mol. The maximum Gasteiger partial charge on any atom is 0.123 e. The predicted molar refractivity (Wildman–Crippen MR) is 69.4 cm³/mol. The first-order valence-electron chi connectivity index (χ1n) is 4.91. The SMILES string of the molecule is CCc1csc(-c2ccc(Br)cc2C)n1. The summed E-state index contributed by atoms with van der Waals surface area (Å²) in [7, 11) is 0. The minimum absolute atomic E-state index is 1.01. The zero-order valence-corrected chi connectivity index (χ0v) is 11.2. The summed E-state index contributed by atoms with van der Waals surface area (Å²) in [6.07, 6.45) is 1.01. The first-order chi connectivity index (χ1) is 7.20. The van der Waals surface area contributed by atoms with Crippen LogP contribution in [-0.4, -0.2) is 4.98 Å². The molecule has 0 aliphatic heterocycles. The molecule has 0 spiro atoms. The predicted octanol–water partition coefficient (Wildman–Crippen LogP) is 4.44. The number of rotatable bonds is 2. The van der Waals surface area contributed by atoms with Crippen LogP contribution in [0.15, 0.2) is 28.1 Å². The van der Waals surface area contributed by atoms with Crippen molar-refractivity contribution in [3.8, 4) is 10.6 Å². The number of halogens is 1.